The largest absolute Gasteiger partial charge is 0.504 e. The van der Waals surface area contributed by atoms with Crippen molar-refractivity contribution < 1.29 is 24.4 Å². The molecule has 2 aliphatic heterocycles. The lowest BCUT2D eigenvalue weighted by molar-refractivity contribution is 0.127. The molecule has 31 heavy (non-hydrogen) atoms. The number of phenolic OH excluding ortho intramolecular Hbond substituents is 2. The van der Waals surface area contributed by atoms with E-state index in [-0.39, 0.29) is 28.8 Å². The van der Waals surface area contributed by atoms with Crippen LogP contribution >= 0.6 is 0 Å². The number of benzene rings is 2. The van der Waals surface area contributed by atoms with E-state index < -0.39 is 0 Å². The van der Waals surface area contributed by atoms with Crippen molar-refractivity contribution in [2.45, 2.75) is 51.6 Å². The second-order valence-corrected chi connectivity index (χ2v) is 8.80. The summed E-state index contributed by atoms with van der Waals surface area (Å²) in [6, 6.07) is 7.50. The molecule has 0 aliphatic carbocycles. The zero-order valence-electron chi connectivity index (χ0n) is 18.6. The average molecular weight is 423 g/mol. The highest BCUT2D eigenvalue weighted by atomic mass is 16.5. The number of rotatable bonds is 5. The minimum atomic E-state index is -0.337. The molecule has 0 saturated carbocycles. The van der Waals surface area contributed by atoms with Gasteiger partial charge in [-0.15, -0.1) is 0 Å². The Hall–Kier alpha value is -3.08. The maximum atomic E-state index is 10.4. The number of phenols is 2. The van der Waals surface area contributed by atoms with Crippen molar-refractivity contribution in [3.63, 3.8) is 0 Å². The van der Waals surface area contributed by atoms with E-state index in [9.17, 15) is 10.2 Å². The molecule has 0 amide bonds. The lowest BCUT2D eigenvalue weighted by Crippen LogP contribution is -2.32. The van der Waals surface area contributed by atoms with Gasteiger partial charge in [-0.2, -0.15) is 0 Å². The molecule has 4 rings (SSSR count). The Labute approximate surface area is 183 Å². The van der Waals surface area contributed by atoms with Crippen LogP contribution in [0.4, 0.5) is 0 Å². The summed E-state index contributed by atoms with van der Waals surface area (Å²) >= 11 is 0. The van der Waals surface area contributed by atoms with E-state index in [1.54, 1.807) is 12.1 Å². The van der Waals surface area contributed by atoms with Gasteiger partial charge in [0.1, 0.15) is 17.1 Å². The van der Waals surface area contributed by atoms with Gasteiger partial charge in [-0.25, -0.2) is 0 Å². The van der Waals surface area contributed by atoms with Crippen LogP contribution in [-0.2, 0) is 6.42 Å². The molecule has 164 valence electrons. The fourth-order valence-electron chi connectivity index (χ4n) is 4.31. The highest BCUT2D eigenvalue weighted by molar-refractivity contribution is 5.70. The predicted molar refractivity (Wildman–Crippen MR) is 121 cm³/mol. The molecule has 2 heterocycles. The number of allylic oxidation sites excluding steroid dienone is 2. The first-order chi connectivity index (χ1) is 14.8. The third kappa shape index (κ3) is 4.09. The van der Waals surface area contributed by atoms with Crippen LogP contribution in [-0.4, -0.2) is 29.5 Å². The van der Waals surface area contributed by atoms with Gasteiger partial charge in [0.2, 0.25) is 5.75 Å². The molecule has 5 nitrogen and oxygen atoms in total. The fraction of sp³-hybridized carbons (Fsp3) is 0.385. The monoisotopic (exact) mass is 422 g/mol. The normalized spacial score (nSPS) is 21.4. The lowest BCUT2D eigenvalue weighted by Gasteiger charge is -2.34. The number of aromatic hydroxyl groups is 2. The van der Waals surface area contributed by atoms with Crippen LogP contribution in [0.5, 0.6) is 28.7 Å². The molecule has 2 N–H and O–H groups in total. The summed E-state index contributed by atoms with van der Waals surface area (Å²) in [6.07, 6.45) is 9.05. The molecule has 2 atom stereocenters. The molecule has 2 aromatic rings. The molecule has 0 saturated heterocycles. The van der Waals surface area contributed by atoms with Gasteiger partial charge in [-0.3, -0.25) is 0 Å². The van der Waals surface area contributed by atoms with Crippen LogP contribution in [0, 0.1) is 0 Å². The zero-order chi connectivity index (χ0) is 22.2. The van der Waals surface area contributed by atoms with Gasteiger partial charge in [-0.05, 0) is 69.9 Å². The lowest BCUT2D eigenvalue weighted by atomic mass is 9.87. The first-order valence-corrected chi connectivity index (χ1v) is 10.7. The fourth-order valence-corrected chi connectivity index (χ4v) is 4.31. The third-order valence-electron chi connectivity index (χ3n) is 6.08. The van der Waals surface area contributed by atoms with Crippen molar-refractivity contribution in [3.05, 3.63) is 58.7 Å². The zero-order valence-corrected chi connectivity index (χ0v) is 18.6. The van der Waals surface area contributed by atoms with Gasteiger partial charge < -0.3 is 24.4 Å². The quantitative estimate of drug-likeness (QED) is 0.475. The van der Waals surface area contributed by atoms with Crippen LogP contribution < -0.4 is 14.2 Å². The van der Waals surface area contributed by atoms with Crippen molar-refractivity contribution in [2.24, 2.45) is 0 Å². The Morgan fingerprint density at radius 2 is 2.00 bits per heavy atom. The summed E-state index contributed by atoms with van der Waals surface area (Å²) in [5.41, 5.74) is 3.66. The summed E-state index contributed by atoms with van der Waals surface area (Å²) in [7, 11) is 1.46. The molecule has 5 heteroatoms. The molecule has 0 spiro atoms. The van der Waals surface area contributed by atoms with Gasteiger partial charge in [-0.1, -0.05) is 23.8 Å². The van der Waals surface area contributed by atoms with E-state index >= 15 is 0 Å². The molecule has 0 bridgehead atoms. The molecular formula is C26H30O5. The highest BCUT2D eigenvalue weighted by Crippen LogP contribution is 2.47. The van der Waals surface area contributed by atoms with E-state index in [2.05, 4.69) is 39.0 Å². The van der Waals surface area contributed by atoms with Crippen LogP contribution in [0.25, 0.3) is 6.08 Å². The van der Waals surface area contributed by atoms with E-state index in [1.165, 1.54) is 12.7 Å². The molecule has 0 radical (unpaired) electrons. The number of hydrogen-bond donors (Lipinski definition) is 2. The standard InChI is InChI=1S/C26H30O5/c1-16(2)6-5-12-26(3)13-11-20-21(31-26)9-7-17-14-18(15-30-25(17)20)19-8-10-22(29-4)24(28)23(19)27/h6-11,13,18,27-28H,5,12,14-15H2,1-4H3/t18-,26?/m1/s1. The van der Waals surface area contributed by atoms with Crippen LogP contribution in [0.2, 0.25) is 0 Å². The Balaban J connectivity index is 1.56. The number of hydrogen-bond acceptors (Lipinski definition) is 5. The van der Waals surface area contributed by atoms with Gasteiger partial charge in [0.05, 0.1) is 19.3 Å². The minimum Gasteiger partial charge on any atom is -0.504 e. The topological polar surface area (TPSA) is 68.2 Å². The first kappa shape index (κ1) is 21.2. The maximum absolute atomic E-state index is 10.4. The van der Waals surface area contributed by atoms with Crippen LogP contribution in [0.3, 0.4) is 0 Å². The van der Waals surface area contributed by atoms with Crippen LogP contribution in [0.15, 0.2) is 42.0 Å². The summed E-state index contributed by atoms with van der Waals surface area (Å²) in [5, 5.41) is 20.6. The SMILES string of the molecule is COc1ccc([C@H]2COc3c(ccc4c3C=CC(C)(CCC=C(C)C)O4)C2)c(O)c1O. The number of ether oxygens (including phenoxy) is 3. The van der Waals surface area contributed by atoms with Crippen molar-refractivity contribution in [1.29, 1.82) is 0 Å². The second kappa shape index (κ2) is 8.22. The van der Waals surface area contributed by atoms with Crippen molar-refractivity contribution in [2.75, 3.05) is 13.7 Å². The smallest absolute Gasteiger partial charge is 0.200 e. The average Bonchev–Trinajstić information content (AvgIpc) is 2.74. The molecule has 0 fully saturated rings. The Kier molecular flexibility index (Phi) is 5.61. The maximum Gasteiger partial charge on any atom is 0.200 e. The molecule has 1 unspecified atom stereocenters. The molecule has 2 aliphatic rings. The van der Waals surface area contributed by atoms with Crippen LogP contribution in [0.1, 0.15) is 56.2 Å². The number of fused-ring (bicyclic) bond motifs is 3. The summed E-state index contributed by atoms with van der Waals surface area (Å²) in [6.45, 7) is 6.74. The van der Waals surface area contributed by atoms with Gasteiger partial charge >= 0.3 is 0 Å². The molecular weight excluding hydrogens is 392 g/mol. The summed E-state index contributed by atoms with van der Waals surface area (Å²) < 4.78 is 17.6. The third-order valence-corrected chi connectivity index (χ3v) is 6.08. The molecule has 0 aromatic heterocycles. The number of methoxy groups -OCH3 is 1. The summed E-state index contributed by atoms with van der Waals surface area (Å²) in [4.78, 5) is 0. The van der Waals surface area contributed by atoms with Crippen molar-refractivity contribution in [3.8, 4) is 28.7 Å². The van der Waals surface area contributed by atoms with E-state index in [0.29, 0.717) is 18.6 Å². The van der Waals surface area contributed by atoms with E-state index in [4.69, 9.17) is 14.2 Å². The Morgan fingerprint density at radius 3 is 2.74 bits per heavy atom. The predicted octanol–water partition coefficient (Wildman–Crippen LogP) is 5.74. The first-order valence-electron chi connectivity index (χ1n) is 10.7. The highest BCUT2D eigenvalue weighted by Gasteiger charge is 2.32. The van der Waals surface area contributed by atoms with Gasteiger partial charge in [0, 0.05) is 11.5 Å². The van der Waals surface area contributed by atoms with Crippen molar-refractivity contribution >= 4 is 6.08 Å². The summed E-state index contributed by atoms with van der Waals surface area (Å²) in [5.74, 6) is 1.48. The van der Waals surface area contributed by atoms with Crippen molar-refractivity contribution in [1.82, 2.24) is 0 Å². The second-order valence-electron chi connectivity index (χ2n) is 8.80. The minimum absolute atomic E-state index is 0.0646. The van der Waals surface area contributed by atoms with E-state index in [1.807, 2.05) is 12.1 Å². The van der Waals surface area contributed by atoms with Gasteiger partial charge in [0.15, 0.2) is 11.5 Å². The Bertz CT molecular complexity index is 1050. The van der Waals surface area contributed by atoms with E-state index in [0.717, 1.165) is 35.5 Å². The van der Waals surface area contributed by atoms with Gasteiger partial charge in [0.25, 0.3) is 0 Å². The Morgan fingerprint density at radius 1 is 1.19 bits per heavy atom. The molecule has 2 aromatic carbocycles.